The van der Waals surface area contributed by atoms with Gasteiger partial charge in [-0.3, -0.25) is 0 Å². The van der Waals surface area contributed by atoms with Gasteiger partial charge in [0.2, 0.25) is 0 Å². The van der Waals surface area contributed by atoms with Crippen molar-refractivity contribution in [1.82, 2.24) is 0 Å². The summed E-state index contributed by atoms with van der Waals surface area (Å²) in [6, 6.07) is 4.44. The lowest BCUT2D eigenvalue weighted by molar-refractivity contribution is 0.0264. The first-order valence-electron chi connectivity index (χ1n) is 5.38. The van der Waals surface area contributed by atoms with Crippen molar-refractivity contribution >= 4 is 11.6 Å². The first-order valence-corrected chi connectivity index (χ1v) is 5.76. The molecule has 1 aromatic carbocycles. The van der Waals surface area contributed by atoms with E-state index in [1.54, 1.807) is 6.07 Å². The van der Waals surface area contributed by atoms with E-state index in [4.69, 9.17) is 21.1 Å². The molecule has 1 heterocycles. The number of hydrogen-bond acceptors (Lipinski definition) is 2. The smallest absolute Gasteiger partial charge is 0.145 e. The van der Waals surface area contributed by atoms with Crippen LogP contribution in [0.5, 0.6) is 5.75 Å². The molecule has 0 N–H and O–H groups in total. The molecule has 0 saturated carbocycles. The molecule has 2 unspecified atom stereocenters. The van der Waals surface area contributed by atoms with E-state index in [2.05, 4.69) is 0 Å². The zero-order valence-corrected chi connectivity index (χ0v) is 9.84. The van der Waals surface area contributed by atoms with Gasteiger partial charge in [-0.25, -0.2) is 4.39 Å². The van der Waals surface area contributed by atoms with Crippen LogP contribution in [0.1, 0.15) is 19.8 Å². The topological polar surface area (TPSA) is 18.5 Å². The van der Waals surface area contributed by atoms with Crippen molar-refractivity contribution < 1.29 is 13.9 Å². The molecule has 2 rings (SSSR count). The Hall–Kier alpha value is -0.800. The molecule has 1 fully saturated rings. The Morgan fingerprint density at radius 2 is 2.31 bits per heavy atom. The van der Waals surface area contributed by atoms with Gasteiger partial charge in [-0.2, -0.15) is 0 Å². The van der Waals surface area contributed by atoms with Crippen molar-refractivity contribution in [3.8, 4) is 5.75 Å². The molecule has 1 aromatic rings. The molecule has 0 aromatic heterocycles. The molecule has 0 bridgehead atoms. The average molecular weight is 245 g/mol. The third-order valence-corrected chi connectivity index (χ3v) is 2.95. The van der Waals surface area contributed by atoms with Gasteiger partial charge < -0.3 is 9.47 Å². The fourth-order valence-electron chi connectivity index (χ4n) is 1.76. The molecule has 1 saturated heterocycles. The van der Waals surface area contributed by atoms with E-state index in [-0.39, 0.29) is 11.1 Å². The summed E-state index contributed by atoms with van der Waals surface area (Å²) in [5.74, 6) is 0.0323. The minimum atomic E-state index is -0.458. The van der Waals surface area contributed by atoms with Gasteiger partial charge in [-0.1, -0.05) is 11.6 Å². The molecular weight excluding hydrogens is 231 g/mol. The third kappa shape index (κ3) is 2.86. The quantitative estimate of drug-likeness (QED) is 0.811. The molecule has 0 radical (unpaired) electrons. The lowest BCUT2D eigenvalue weighted by Crippen LogP contribution is -2.17. The summed E-state index contributed by atoms with van der Waals surface area (Å²) >= 11 is 5.57. The fraction of sp³-hybridized carbons (Fsp3) is 0.500. The number of halogens is 2. The van der Waals surface area contributed by atoms with Gasteiger partial charge in [0, 0.05) is 6.07 Å². The van der Waals surface area contributed by atoms with Crippen LogP contribution in [-0.4, -0.2) is 18.8 Å². The predicted molar refractivity (Wildman–Crippen MR) is 60.5 cm³/mol. The SMILES string of the molecule is CC1CCC(COc2ccc(Cl)c(F)c2)O1. The van der Waals surface area contributed by atoms with Crippen LogP contribution in [0, 0.1) is 5.82 Å². The van der Waals surface area contributed by atoms with E-state index < -0.39 is 5.82 Å². The second-order valence-corrected chi connectivity index (χ2v) is 4.44. The van der Waals surface area contributed by atoms with Crippen LogP contribution in [0.2, 0.25) is 5.02 Å². The molecule has 2 nitrogen and oxygen atoms in total. The van der Waals surface area contributed by atoms with E-state index in [0.717, 1.165) is 12.8 Å². The Morgan fingerprint density at radius 1 is 1.50 bits per heavy atom. The van der Waals surface area contributed by atoms with Gasteiger partial charge in [-0.15, -0.1) is 0 Å². The number of rotatable bonds is 3. The molecule has 16 heavy (non-hydrogen) atoms. The summed E-state index contributed by atoms with van der Waals surface area (Å²) in [7, 11) is 0. The van der Waals surface area contributed by atoms with Crippen molar-refractivity contribution in [3.05, 3.63) is 29.0 Å². The zero-order chi connectivity index (χ0) is 11.5. The molecule has 0 amide bonds. The maximum Gasteiger partial charge on any atom is 0.145 e. The molecule has 0 aliphatic carbocycles. The first-order chi connectivity index (χ1) is 7.65. The summed E-state index contributed by atoms with van der Waals surface area (Å²) in [6.45, 7) is 2.51. The number of benzene rings is 1. The van der Waals surface area contributed by atoms with Crippen LogP contribution in [-0.2, 0) is 4.74 Å². The molecule has 1 aliphatic heterocycles. The van der Waals surface area contributed by atoms with Crippen LogP contribution in [0.25, 0.3) is 0 Å². The van der Waals surface area contributed by atoms with Crippen LogP contribution in [0.15, 0.2) is 18.2 Å². The maximum absolute atomic E-state index is 13.1. The Bertz CT molecular complexity index is 370. The lowest BCUT2D eigenvalue weighted by atomic mass is 10.2. The molecule has 4 heteroatoms. The van der Waals surface area contributed by atoms with Crippen LogP contribution in [0.3, 0.4) is 0 Å². The Kier molecular flexibility index (Phi) is 3.66. The van der Waals surface area contributed by atoms with Crippen molar-refractivity contribution in [2.24, 2.45) is 0 Å². The highest BCUT2D eigenvalue weighted by Crippen LogP contribution is 2.23. The van der Waals surface area contributed by atoms with Gasteiger partial charge in [0.05, 0.1) is 17.2 Å². The Labute approximate surface area is 99.3 Å². The largest absolute Gasteiger partial charge is 0.491 e. The van der Waals surface area contributed by atoms with Gasteiger partial charge in [-0.05, 0) is 31.9 Å². The third-order valence-electron chi connectivity index (χ3n) is 2.65. The summed E-state index contributed by atoms with van der Waals surface area (Å²) in [5.41, 5.74) is 0. The average Bonchev–Trinajstić information content (AvgIpc) is 2.66. The summed E-state index contributed by atoms with van der Waals surface area (Å²) < 4.78 is 24.1. The van der Waals surface area contributed by atoms with E-state index in [1.807, 2.05) is 6.92 Å². The monoisotopic (exact) mass is 244 g/mol. The predicted octanol–water partition coefficient (Wildman–Crippen LogP) is 3.43. The second-order valence-electron chi connectivity index (χ2n) is 4.03. The fourth-order valence-corrected chi connectivity index (χ4v) is 1.88. The summed E-state index contributed by atoms with van der Waals surface area (Å²) in [5, 5.41) is 0.109. The maximum atomic E-state index is 13.1. The highest BCUT2D eigenvalue weighted by atomic mass is 35.5. The van der Waals surface area contributed by atoms with Gasteiger partial charge in [0.15, 0.2) is 0 Å². The molecule has 88 valence electrons. The van der Waals surface area contributed by atoms with Gasteiger partial charge in [0.1, 0.15) is 18.2 Å². The van der Waals surface area contributed by atoms with E-state index in [0.29, 0.717) is 18.5 Å². The van der Waals surface area contributed by atoms with Gasteiger partial charge in [0.25, 0.3) is 0 Å². The van der Waals surface area contributed by atoms with E-state index >= 15 is 0 Å². The van der Waals surface area contributed by atoms with Crippen LogP contribution < -0.4 is 4.74 Å². The minimum absolute atomic E-state index is 0.109. The second kappa shape index (κ2) is 5.02. The summed E-state index contributed by atoms with van der Waals surface area (Å²) in [4.78, 5) is 0. The first kappa shape index (κ1) is 11.7. The van der Waals surface area contributed by atoms with E-state index in [9.17, 15) is 4.39 Å². The molecule has 1 aliphatic rings. The van der Waals surface area contributed by atoms with E-state index in [1.165, 1.54) is 12.1 Å². The normalized spacial score (nSPS) is 24.7. The highest BCUT2D eigenvalue weighted by Gasteiger charge is 2.22. The van der Waals surface area contributed by atoms with Crippen LogP contribution in [0.4, 0.5) is 4.39 Å². The van der Waals surface area contributed by atoms with Crippen molar-refractivity contribution in [2.75, 3.05) is 6.61 Å². The number of hydrogen-bond donors (Lipinski definition) is 0. The minimum Gasteiger partial charge on any atom is -0.491 e. The van der Waals surface area contributed by atoms with Crippen molar-refractivity contribution in [3.63, 3.8) is 0 Å². The Balaban J connectivity index is 1.87. The molecule has 2 atom stereocenters. The van der Waals surface area contributed by atoms with Crippen molar-refractivity contribution in [2.45, 2.75) is 32.0 Å². The lowest BCUT2D eigenvalue weighted by Gasteiger charge is -2.12. The number of ether oxygens (including phenoxy) is 2. The van der Waals surface area contributed by atoms with Crippen LogP contribution >= 0.6 is 11.6 Å². The standard InChI is InChI=1S/C12H14ClFO2/c1-8-2-3-10(16-8)7-15-9-4-5-11(13)12(14)6-9/h4-6,8,10H,2-3,7H2,1H3. The molecular formula is C12H14ClFO2. The zero-order valence-electron chi connectivity index (χ0n) is 9.08. The summed E-state index contributed by atoms with van der Waals surface area (Å²) in [6.07, 6.45) is 2.48. The Morgan fingerprint density at radius 3 is 2.94 bits per heavy atom. The van der Waals surface area contributed by atoms with Crippen molar-refractivity contribution in [1.29, 1.82) is 0 Å². The van der Waals surface area contributed by atoms with Gasteiger partial charge >= 0.3 is 0 Å². The molecule has 0 spiro atoms. The highest BCUT2D eigenvalue weighted by molar-refractivity contribution is 6.30.